The van der Waals surface area contributed by atoms with Crippen molar-refractivity contribution in [1.82, 2.24) is 14.8 Å². The van der Waals surface area contributed by atoms with Gasteiger partial charge in [0.2, 0.25) is 0 Å². The van der Waals surface area contributed by atoms with Gasteiger partial charge >= 0.3 is 6.03 Å². The van der Waals surface area contributed by atoms with Crippen LogP contribution < -0.4 is 16.2 Å². The highest BCUT2D eigenvalue weighted by Crippen LogP contribution is 2.30. The number of aromatic nitrogens is 3. The number of phenols is 1. The Bertz CT molecular complexity index is 1570. The fourth-order valence-corrected chi connectivity index (χ4v) is 4.10. The lowest BCUT2D eigenvalue weighted by Gasteiger charge is -2.13. The van der Waals surface area contributed by atoms with Gasteiger partial charge in [-0.1, -0.05) is 47.5 Å². The van der Waals surface area contributed by atoms with E-state index in [1.54, 1.807) is 25.1 Å². The van der Waals surface area contributed by atoms with Gasteiger partial charge in [0, 0.05) is 24.5 Å². The van der Waals surface area contributed by atoms with Crippen molar-refractivity contribution in [2.45, 2.75) is 20.4 Å². The number of carbonyl (C=O) groups excluding carboxylic acids is 2. The SMILES string of the molecule is CCn1nc(-c2cccc(-c3ccc(O)c(C(C)=O)c3)c2)cc(NC(=O)Nc2c(Cl)cncc2Cl)c1=O. The van der Waals surface area contributed by atoms with Crippen molar-refractivity contribution < 1.29 is 14.7 Å². The Kier molecular flexibility index (Phi) is 7.56. The molecule has 9 nitrogen and oxygen atoms in total. The van der Waals surface area contributed by atoms with Gasteiger partial charge in [-0.15, -0.1) is 0 Å². The molecule has 2 amide bonds. The predicted molar refractivity (Wildman–Crippen MR) is 144 cm³/mol. The van der Waals surface area contributed by atoms with E-state index in [4.69, 9.17) is 23.2 Å². The number of nitrogens with one attached hydrogen (secondary N) is 2. The summed E-state index contributed by atoms with van der Waals surface area (Å²) in [4.78, 5) is 41.2. The highest BCUT2D eigenvalue weighted by Gasteiger charge is 2.16. The minimum atomic E-state index is -0.721. The van der Waals surface area contributed by atoms with Gasteiger partial charge in [0.15, 0.2) is 5.78 Å². The lowest BCUT2D eigenvalue weighted by molar-refractivity contribution is 0.101. The van der Waals surface area contributed by atoms with E-state index >= 15 is 0 Å². The number of aryl methyl sites for hydroxylation is 1. The molecule has 0 radical (unpaired) electrons. The van der Waals surface area contributed by atoms with Crippen LogP contribution in [-0.2, 0) is 6.54 Å². The van der Waals surface area contributed by atoms with E-state index in [9.17, 15) is 19.5 Å². The quantitative estimate of drug-likeness (QED) is 0.265. The number of pyridine rings is 1. The molecule has 0 unspecified atom stereocenters. The first-order chi connectivity index (χ1) is 17.7. The molecule has 0 saturated heterocycles. The molecule has 2 aromatic carbocycles. The maximum atomic E-state index is 12.9. The summed E-state index contributed by atoms with van der Waals surface area (Å²) >= 11 is 12.1. The molecule has 0 aliphatic rings. The summed E-state index contributed by atoms with van der Waals surface area (Å²) in [5.41, 5.74) is 2.47. The third kappa shape index (κ3) is 5.63. The van der Waals surface area contributed by atoms with Gasteiger partial charge in [0.25, 0.3) is 5.56 Å². The van der Waals surface area contributed by atoms with E-state index in [1.165, 1.54) is 36.1 Å². The van der Waals surface area contributed by atoms with Gasteiger partial charge in [-0.05, 0) is 49.2 Å². The Morgan fingerprint density at radius 3 is 2.32 bits per heavy atom. The minimum Gasteiger partial charge on any atom is -0.507 e. The van der Waals surface area contributed by atoms with E-state index in [2.05, 4.69) is 20.7 Å². The molecule has 0 spiro atoms. The number of aromatic hydroxyl groups is 1. The third-order valence-corrected chi connectivity index (χ3v) is 6.05. The summed E-state index contributed by atoms with van der Waals surface area (Å²) in [7, 11) is 0. The molecule has 37 heavy (non-hydrogen) atoms. The second kappa shape index (κ2) is 10.8. The van der Waals surface area contributed by atoms with Gasteiger partial charge in [0.05, 0.1) is 27.0 Å². The van der Waals surface area contributed by atoms with Crippen LogP contribution >= 0.6 is 23.2 Å². The molecule has 4 aromatic rings. The Balaban J connectivity index is 1.69. The fourth-order valence-electron chi connectivity index (χ4n) is 3.64. The van der Waals surface area contributed by atoms with Crippen molar-refractivity contribution in [2.24, 2.45) is 0 Å². The molecule has 2 aromatic heterocycles. The number of amides is 2. The lowest BCUT2D eigenvalue weighted by Crippen LogP contribution is -2.29. The Hall–Kier alpha value is -4.21. The van der Waals surface area contributed by atoms with Gasteiger partial charge < -0.3 is 15.7 Å². The van der Waals surface area contributed by atoms with Crippen LogP contribution in [0.3, 0.4) is 0 Å². The number of benzene rings is 2. The number of ketones is 1. The molecule has 11 heteroatoms. The fraction of sp³-hybridized carbons (Fsp3) is 0.115. The van der Waals surface area contributed by atoms with Crippen molar-refractivity contribution in [2.75, 3.05) is 10.6 Å². The monoisotopic (exact) mass is 537 g/mol. The number of rotatable bonds is 6. The molecule has 3 N–H and O–H groups in total. The van der Waals surface area contributed by atoms with Crippen molar-refractivity contribution in [3.63, 3.8) is 0 Å². The number of hydrogen-bond acceptors (Lipinski definition) is 6. The summed E-state index contributed by atoms with van der Waals surface area (Å²) in [6, 6.07) is 12.8. The van der Waals surface area contributed by atoms with Crippen LogP contribution in [0.5, 0.6) is 5.75 Å². The highest BCUT2D eigenvalue weighted by atomic mass is 35.5. The molecule has 0 fully saturated rings. The highest BCUT2D eigenvalue weighted by molar-refractivity contribution is 6.39. The average Bonchev–Trinajstić information content (AvgIpc) is 2.87. The van der Waals surface area contributed by atoms with Crippen LogP contribution in [-0.4, -0.2) is 31.7 Å². The normalized spacial score (nSPS) is 10.7. The van der Waals surface area contributed by atoms with Crippen LogP contribution in [0.2, 0.25) is 10.0 Å². The molecule has 0 atom stereocenters. The van der Waals surface area contributed by atoms with Crippen molar-refractivity contribution in [3.8, 4) is 28.1 Å². The summed E-state index contributed by atoms with van der Waals surface area (Å²) in [5.74, 6) is -0.344. The average molecular weight is 538 g/mol. The molecule has 4 rings (SSSR count). The van der Waals surface area contributed by atoms with Crippen LogP contribution in [0.25, 0.3) is 22.4 Å². The van der Waals surface area contributed by atoms with E-state index in [0.29, 0.717) is 11.3 Å². The van der Waals surface area contributed by atoms with Crippen molar-refractivity contribution in [1.29, 1.82) is 0 Å². The molecular formula is C26H21Cl2N5O4. The topological polar surface area (TPSA) is 126 Å². The standard InChI is InChI=1S/C26H21Cl2N5O4/c1-3-33-25(36)22(30-26(37)31-24-19(27)12-29-13-20(24)28)11-21(32-33)17-6-4-5-15(9-17)16-7-8-23(35)18(10-16)14(2)34/h4-13,35H,3H2,1-2H3,(H2,29,30,31,37). The number of anilines is 2. The largest absolute Gasteiger partial charge is 0.507 e. The van der Waals surface area contributed by atoms with Gasteiger partial charge in [0.1, 0.15) is 11.4 Å². The van der Waals surface area contributed by atoms with Gasteiger partial charge in [-0.2, -0.15) is 5.10 Å². The van der Waals surface area contributed by atoms with Crippen LogP contribution in [0.1, 0.15) is 24.2 Å². The number of phenolic OH excluding ortho intramolecular Hbond substituents is 1. The first-order valence-corrected chi connectivity index (χ1v) is 11.9. The van der Waals surface area contributed by atoms with Crippen LogP contribution in [0.15, 0.2) is 65.7 Å². The zero-order valence-electron chi connectivity index (χ0n) is 19.8. The second-order valence-corrected chi connectivity index (χ2v) is 8.80. The molecule has 0 bridgehead atoms. The molecule has 0 aliphatic carbocycles. The molecule has 0 aliphatic heterocycles. The van der Waals surface area contributed by atoms with E-state index in [-0.39, 0.29) is 45.1 Å². The number of nitrogens with zero attached hydrogens (tertiary/aromatic N) is 3. The second-order valence-electron chi connectivity index (χ2n) is 7.99. The maximum Gasteiger partial charge on any atom is 0.323 e. The minimum absolute atomic E-state index is 0.000413. The maximum absolute atomic E-state index is 12.9. The third-order valence-electron chi connectivity index (χ3n) is 5.48. The Morgan fingerprint density at radius 2 is 1.65 bits per heavy atom. The van der Waals surface area contributed by atoms with E-state index < -0.39 is 11.6 Å². The van der Waals surface area contributed by atoms with Gasteiger partial charge in [-0.25, -0.2) is 9.48 Å². The molecule has 0 saturated carbocycles. The van der Waals surface area contributed by atoms with E-state index in [0.717, 1.165) is 11.1 Å². The number of Topliss-reactive ketones (excluding diaryl/α,β-unsaturated/α-hetero) is 1. The summed E-state index contributed by atoms with van der Waals surface area (Å²) in [6.45, 7) is 3.41. The van der Waals surface area contributed by atoms with Crippen molar-refractivity contribution in [3.05, 3.63) is 86.9 Å². The Morgan fingerprint density at radius 1 is 0.973 bits per heavy atom. The predicted octanol–water partition coefficient (Wildman–Crippen LogP) is 5.85. The number of carbonyl (C=O) groups is 2. The summed E-state index contributed by atoms with van der Waals surface area (Å²) in [6.07, 6.45) is 2.66. The number of halogens is 2. The summed E-state index contributed by atoms with van der Waals surface area (Å²) in [5, 5.41) is 19.8. The lowest BCUT2D eigenvalue weighted by atomic mass is 9.98. The van der Waals surface area contributed by atoms with Crippen molar-refractivity contribution >= 4 is 46.4 Å². The Labute approximate surface area is 221 Å². The first-order valence-electron chi connectivity index (χ1n) is 11.1. The van der Waals surface area contributed by atoms with E-state index in [1.807, 2.05) is 18.2 Å². The summed E-state index contributed by atoms with van der Waals surface area (Å²) < 4.78 is 1.23. The zero-order valence-corrected chi connectivity index (χ0v) is 21.3. The van der Waals surface area contributed by atoms with Crippen LogP contribution in [0.4, 0.5) is 16.2 Å². The number of urea groups is 1. The molecule has 188 valence electrons. The van der Waals surface area contributed by atoms with Gasteiger partial charge in [-0.3, -0.25) is 14.6 Å². The first kappa shape index (κ1) is 25.9. The zero-order chi connectivity index (χ0) is 26.7. The molecule has 2 heterocycles. The smallest absolute Gasteiger partial charge is 0.323 e. The molecular weight excluding hydrogens is 517 g/mol. The van der Waals surface area contributed by atoms with Crippen LogP contribution in [0, 0.1) is 0 Å². The number of hydrogen-bond donors (Lipinski definition) is 3.